The Kier molecular flexibility index (Phi) is 7.49. The zero-order valence-electron chi connectivity index (χ0n) is 9.20. The second kappa shape index (κ2) is 7.42. The largest absolute Gasteiger partial charge is 0.286 e. The fourth-order valence-electron chi connectivity index (χ4n) is 1.47. The van der Waals surface area contributed by atoms with E-state index in [4.69, 9.17) is 4.55 Å². The summed E-state index contributed by atoms with van der Waals surface area (Å²) in [5.41, 5.74) is 0. The van der Waals surface area contributed by atoms with E-state index in [0.717, 1.165) is 6.42 Å². The minimum Gasteiger partial charge on any atom is -0.286 e. The van der Waals surface area contributed by atoms with Gasteiger partial charge in [0.15, 0.2) is 0 Å². The van der Waals surface area contributed by atoms with Gasteiger partial charge in [0.25, 0.3) is 10.1 Å². The highest BCUT2D eigenvalue weighted by atomic mass is 32.2. The van der Waals surface area contributed by atoms with Crippen LogP contribution >= 0.6 is 0 Å². The molecular formula is C9H22O3SSi. The molecule has 1 N–H and O–H groups in total. The molecule has 0 aromatic rings. The molecule has 0 aliphatic heterocycles. The Bertz CT molecular complexity index is 226. The Morgan fingerprint density at radius 3 is 2.21 bits per heavy atom. The molecule has 0 aliphatic carbocycles. The lowest BCUT2D eigenvalue weighted by Crippen LogP contribution is -2.08. The fourth-order valence-corrected chi connectivity index (χ4v) is 4.42. The quantitative estimate of drug-likeness (QED) is 0.401. The molecule has 0 rings (SSSR count). The van der Waals surface area contributed by atoms with Crippen molar-refractivity contribution in [1.29, 1.82) is 0 Å². The summed E-state index contributed by atoms with van der Waals surface area (Å²) in [4.78, 5) is 0. The van der Waals surface area contributed by atoms with Crippen molar-refractivity contribution in [1.82, 2.24) is 0 Å². The van der Waals surface area contributed by atoms with E-state index >= 15 is 0 Å². The molecule has 0 saturated carbocycles. The molecule has 1 unspecified atom stereocenters. The van der Waals surface area contributed by atoms with E-state index < -0.39 is 18.9 Å². The second-order valence-electron chi connectivity index (χ2n) is 4.03. The summed E-state index contributed by atoms with van der Waals surface area (Å²) in [7, 11) is -4.31. The van der Waals surface area contributed by atoms with Crippen molar-refractivity contribution >= 4 is 18.9 Å². The van der Waals surface area contributed by atoms with Crippen LogP contribution in [-0.4, -0.2) is 27.5 Å². The van der Waals surface area contributed by atoms with Gasteiger partial charge in [-0.2, -0.15) is 8.42 Å². The third-order valence-corrected chi connectivity index (χ3v) is 5.99. The number of unbranched alkanes of at least 4 members (excludes halogenated alkanes) is 2. The van der Waals surface area contributed by atoms with Crippen molar-refractivity contribution in [3.05, 3.63) is 0 Å². The average Bonchev–Trinajstić information content (AvgIpc) is 2.07. The predicted molar refractivity (Wildman–Crippen MR) is 63.2 cm³/mol. The molecular weight excluding hydrogens is 216 g/mol. The Morgan fingerprint density at radius 2 is 1.71 bits per heavy atom. The van der Waals surface area contributed by atoms with E-state index in [1.165, 1.54) is 24.9 Å². The van der Waals surface area contributed by atoms with Gasteiger partial charge in [-0.25, -0.2) is 0 Å². The average molecular weight is 238 g/mol. The maximum absolute atomic E-state index is 10.4. The van der Waals surface area contributed by atoms with Crippen LogP contribution in [0.4, 0.5) is 0 Å². The lowest BCUT2D eigenvalue weighted by Gasteiger charge is -2.07. The van der Waals surface area contributed by atoms with Gasteiger partial charge >= 0.3 is 0 Å². The van der Waals surface area contributed by atoms with Crippen molar-refractivity contribution in [3.63, 3.8) is 0 Å². The van der Waals surface area contributed by atoms with Crippen molar-refractivity contribution in [2.75, 3.05) is 5.75 Å². The maximum Gasteiger partial charge on any atom is 0.264 e. The lowest BCUT2D eigenvalue weighted by molar-refractivity contribution is 0.480. The molecule has 0 aromatic heterocycles. The third-order valence-electron chi connectivity index (χ3n) is 2.40. The molecule has 0 saturated heterocycles. The summed E-state index contributed by atoms with van der Waals surface area (Å²) in [6, 6.07) is 2.57. The molecule has 0 heterocycles. The number of hydrogen-bond donors (Lipinski definition) is 1. The normalized spacial score (nSPS) is 14.2. The van der Waals surface area contributed by atoms with Gasteiger partial charge in [-0.05, 0) is 6.42 Å². The smallest absolute Gasteiger partial charge is 0.264 e. The Morgan fingerprint density at radius 1 is 1.14 bits per heavy atom. The van der Waals surface area contributed by atoms with Crippen LogP contribution in [-0.2, 0) is 10.1 Å². The SMILES string of the molecule is CCCC[SiH](C)CCCCS(=O)(=O)O. The lowest BCUT2D eigenvalue weighted by atomic mass is 10.4. The van der Waals surface area contributed by atoms with E-state index in [1.54, 1.807) is 0 Å². The first-order chi connectivity index (χ1) is 6.45. The maximum atomic E-state index is 10.4. The third kappa shape index (κ3) is 10.2. The van der Waals surface area contributed by atoms with Crippen molar-refractivity contribution in [2.24, 2.45) is 0 Å². The molecule has 5 heteroatoms. The van der Waals surface area contributed by atoms with Crippen LogP contribution in [0.15, 0.2) is 0 Å². The highest BCUT2D eigenvalue weighted by Gasteiger charge is 2.06. The molecule has 3 nitrogen and oxygen atoms in total. The molecule has 14 heavy (non-hydrogen) atoms. The van der Waals surface area contributed by atoms with E-state index in [0.29, 0.717) is 6.42 Å². The molecule has 1 atom stereocenters. The van der Waals surface area contributed by atoms with Gasteiger partial charge in [-0.1, -0.05) is 44.8 Å². The number of hydrogen-bond acceptors (Lipinski definition) is 2. The summed E-state index contributed by atoms with van der Waals surface area (Å²) < 4.78 is 29.3. The van der Waals surface area contributed by atoms with Gasteiger partial charge in [0.2, 0.25) is 0 Å². The predicted octanol–water partition coefficient (Wildman–Crippen LogP) is 2.31. The standard InChI is InChI=1S/C9H22O3SSi/c1-3-4-8-14(2)9-6-5-7-13(10,11)12/h14H,3-9H2,1-2H3,(H,10,11,12). The molecule has 0 radical (unpaired) electrons. The second-order valence-corrected chi connectivity index (χ2v) is 8.97. The monoisotopic (exact) mass is 238 g/mol. The van der Waals surface area contributed by atoms with Crippen LogP contribution < -0.4 is 0 Å². The van der Waals surface area contributed by atoms with Gasteiger partial charge in [0, 0.05) is 8.80 Å². The molecule has 0 fully saturated rings. The van der Waals surface area contributed by atoms with Gasteiger partial charge in [-0.15, -0.1) is 0 Å². The first-order valence-electron chi connectivity index (χ1n) is 5.41. The topological polar surface area (TPSA) is 54.4 Å². The molecule has 0 aliphatic rings. The van der Waals surface area contributed by atoms with Crippen LogP contribution in [0.25, 0.3) is 0 Å². The number of rotatable bonds is 8. The zero-order chi connectivity index (χ0) is 11.0. The van der Waals surface area contributed by atoms with Crippen molar-refractivity contribution in [3.8, 4) is 0 Å². The Balaban J connectivity index is 3.36. The first kappa shape index (κ1) is 14.1. The summed E-state index contributed by atoms with van der Waals surface area (Å²) in [5, 5.41) is 0. The summed E-state index contributed by atoms with van der Waals surface area (Å²) >= 11 is 0. The summed E-state index contributed by atoms with van der Waals surface area (Å²) in [6.45, 7) is 4.53. The highest BCUT2D eigenvalue weighted by molar-refractivity contribution is 7.85. The molecule has 0 spiro atoms. The summed E-state index contributed by atoms with van der Waals surface area (Å²) in [5.74, 6) is -0.0676. The van der Waals surface area contributed by atoms with E-state index in [1.807, 2.05) is 0 Å². The molecule has 0 aromatic carbocycles. The minimum absolute atomic E-state index is 0.0676. The van der Waals surface area contributed by atoms with Crippen LogP contribution in [0, 0.1) is 0 Å². The van der Waals surface area contributed by atoms with E-state index in [-0.39, 0.29) is 5.75 Å². The van der Waals surface area contributed by atoms with E-state index in [2.05, 4.69) is 13.5 Å². The van der Waals surface area contributed by atoms with Crippen LogP contribution in [0.1, 0.15) is 32.6 Å². The van der Waals surface area contributed by atoms with Crippen LogP contribution in [0.5, 0.6) is 0 Å². The fraction of sp³-hybridized carbons (Fsp3) is 1.00. The molecule has 0 amide bonds. The Labute approximate surface area is 89.3 Å². The van der Waals surface area contributed by atoms with E-state index in [9.17, 15) is 8.42 Å². The zero-order valence-corrected chi connectivity index (χ0v) is 11.2. The molecule has 86 valence electrons. The van der Waals surface area contributed by atoms with Gasteiger partial charge in [0.1, 0.15) is 0 Å². The van der Waals surface area contributed by atoms with Crippen molar-refractivity contribution < 1.29 is 13.0 Å². The van der Waals surface area contributed by atoms with Crippen LogP contribution in [0.2, 0.25) is 18.6 Å². The van der Waals surface area contributed by atoms with Gasteiger partial charge < -0.3 is 0 Å². The highest BCUT2D eigenvalue weighted by Crippen LogP contribution is 2.09. The minimum atomic E-state index is -3.72. The molecule has 0 bridgehead atoms. The van der Waals surface area contributed by atoms with Gasteiger partial charge in [-0.3, -0.25) is 4.55 Å². The van der Waals surface area contributed by atoms with Gasteiger partial charge in [0.05, 0.1) is 5.75 Å². The summed E-state index contributed by atoms with van der Waals surface area (Å²) in [6.07, 6.45) is 4.13. The van der Waals surface area contributed by atoms with Crippen LogP contribution in [0.3, 0.4) is 0 Å². The first-order valence-corrected chi connectivity index (χ1v) is 9.80. The Hall–Kier alpha value is 0.127. The van der Waals surface area contributed by atoms with Crippen molar-refractivity contribution in [2.45, 2.75) is 51.2 Å².